The Bertz CT molecular complexity index is 1090. The van der Waals surface area contributed by atoms with Gasteiger partial charge in [0.1, 0.15) is 11.9 Å². The highest BCUT2D eigenvalue weighted by Crippen LogP contribution is 2.25. The number of para-hydroxylation sites is 1. The minimum absolute atomic E-state index is 0.0164. The molecule has 3 atom stereocenters. The van der Waals surface area contributed by atoms with Gasteiger partial charge in [0.15, 0.2) is 12.1 Å². The van der Waals surface area contributed by atoms with Crippen LogP contribution in [-0.2, 0) is 11.3 Å². The highest BCUT2D eigenvalue weighted by atomic mass is 16.2. The second-order valence-electron chi connectivity index (χ2n) is 8.40. The number of nitrogens with zero attached hydrogens (tertiary/aromatic N) is 6. The zero-order valence-electron chi connectivity index (χ0n) is 17.7. The van der Waals surface area contributed by atoms with Crippen molar-refractivity contribution < 1.29 is 9.59 Å². The SMILES string of the molecule is Cc1nc(CN2C(=O)C3NC(N4CCCC(N)C4)=NC3N(C)C2=O)nc2ccccc12. The zero-order valence-corrected chi connectivity index (χ0v) is 17.7. The van der Waals surface area contributed by atoms with E-state index < -0.39 is 18.2 Å². The highest BCUT2D eigenvalue weighted by molar-refractivity contribution is 6.03. The molecular weight excluding hydrogens is 396 g/mol. The van der Waals surface area contributed by atoms with E-state index in [2.05, 4.69) is 25.2 Å². The molecule has 0 spiro atoms. The molecule has 3 aliphatic rings. The number of urea groups is 1. The van der Waals surface area contributed by atoms with E-state index in [9.17, 15) is 9.59 Å². The third-order valence-corrected chi connectivity index (χ3v) is 6.20. The summed E-state index contributed by atoms with van der Waals surface area (Å²) >= 11 is 0. The summed E-state index contributed by atoms with van der Waals surface area (Å²) in [6, 6.07) is 6.75. The topological polar surface area (TPSA) is 120 Å². The summed E-state index contributed by atoms with van der Waals surface area (Å²) in [6.45, 7) is 3.43. The van der Waals surface area contributed by atoms with Crippen molar-refractivity contribution in [2.45, 2.75) is 44.6 Å². The molecule has 0 radical (unpaired) electrons. The number of aromatic nitrogens is 2. The number of hydrogen-bond acceptors (Lipinski definition) is 8. The van der Waals surface area contributed by atoms with Crippen molar-refractivity contribution in [1.82, 2.24) is 30.0 Å². The molecule has 1 aromatic carbocycles. The molecule has 2 fully saturated rings. The Morgan fingerprint density at radius 3 is 2.84 bits per heavy atom. The van der Waals surface area contributed by atoms with E-state index in [0.29, 0.717) is 18.3 Å². The first-order valence-electron chi connectivity index (χ1n) is 10.6. The molecule has 10 nitrogen and oxygen atoms in total. The van der Waals surface area contributed by atoms with E-state index in [4.69, 9.17) is 5.73 Å². The quantitative estimate of drug-likeness (QED) is 0.719. The van der Waals surface area contributed by atoms with Gasteiger partial charge in [0.2, 0.25) is 0 Å². The van der Waals surface area contributed by atoms with Crippen molar-refractivity contribution in [1.29, 1.82) is 0 Å². The van der Waals surface area contributed by atoms with Gasteiger partial charge in [-0.1, -0.05) is 18.2 Å². The van der Waals surface area contributed by atoms with E-state index in [0.717, 1.165) is 36.0 Å². The van der Waals surface area contributed by atoms with Crippen molar-refractivity contribution in [3.05, 3.63) is 35.8 Å². The first-order chi connectivity index (χ1) is 14.9. The van der Waals surface area contributed by atoms with E-state index in [-0.39, 0.29) is 18.5 Å². The number of carbonyl (C=O) groups is 2. The number of fused-ring (bicyclic) bond motifs is 2. The van der Waals surface area contributed by atoms with Gasteiger partial charge in [0.25, 0.3) is 5.91 Å². The van der Waals surface area contributed by atoms with E-state index >= 15 is 0 Å². The third-order valence-electron chi connectivity index (χ3n) is 6.20. The summed E-state index contributed by atoms with van der Waals surface area (Å²) in [5.74, 6) is 0.756. The summed E-state index contributed by atoms with van der Waals surface area (Å²) in [4.78, 5) is 44.8. The van der Waals surface area contributed by atoms with Crippen LogP contribution in [0.5, 0.6) is 0 Å². The second kappa shape index (κ2) is 7.45. The number of piperidine rings is 1. The summed E-state index contributed by atoms with van der Waals surface area (Å²) < 4.78 is 0. The van der Waals surface area contributed by atoms with Gasteiger partial charge in [-0.15, -0.1) is 0 Å². The van der Waals surface area contributed by atoms with Crippen LogP contribution in [0.2, 0.25) is 0 Å². The Hall–Kier alpha value is -3.27. The van der Waals surface area contributed by atoms with Crippen LogP contribution in [0.25, 0.3) is 10.9 Å². The van der Waals surface area contributed by atoms with Crippen LogP contribution in [0.1, 0.15) is 24.4 Å². The Balaban J connectivity index is 1.38. The Morgan fingerprint density at radius 1 is 1.23 bits per heavy atom. The predicted molar refractivity (Wildman–Crippen MR) is 115 cm³/mol. The molecule has 0 saturated carbocycles. The fraction of sp³-hybridized carbons (Fsp3) is 0.476. The standard InChI is InChI=1S/C21H26N8O2/c1-12-14-7-3-4-8-15(14)24-16(23-12)11-29-19(30)17-18(27(2)21(29)31)26-20(25-17)28-9-5-6-13(22)10-28/h3-4,7-8,13,17-18H,5-6,9-11,22H2,1-2H3,(H,25,26). The monoisotopic (exact) mass is 422 g/mol. The maximum absolute atomic E-state index is 13.3. The number of aryl methyl sites for hydroxylation is 1. The van der Waals surface area contributed by atoms with Crippen LogP contribution in [0.15, 0.2) is 29.3 Å². The number of likely N-dealkylation sites (N-methyl/N-ethyl adjacent to an activating group) is 1. The zero-order chi connectivity index (χ0) is 21.7. The Labute approximate surface area is 180 Å². The summed E-state index contributed by atoms with van der Waals surface area (Å²) in [5.41, 5.74) is 7.70. The normalized spacial score (nSPS) is 26.2. The van der Waals surface area contributed by atoms with Crippen molar-refractivity contribution in [2.24, 2.45) is 10.7 Å². The number of nitrogens with one attached hydrogen (secondary N) is 1. The molecule has 0 bridgehead atoms. The van der Waals surface area contributed by atoms with Crippen LogP contribution in [-0.4, -0.2) is 81.0 Å². The Morgan fingerprint density at radius 2 is 2.03 bits per heavy atom. The number of rotatable bonds is 2. The average molecular weight is 422 g/mol. The van der Waals surface area contributed by atoms with Crippen LogP contribution in [0.3, 0.4) is 0 Å². The molecule has 2 aromatic rings. The van der Waals surface area contributed by atoms with Crippen LogP contribution in [0, 0.1) is 6.92 Å². The minimum atomic E-state index is -0.627. The predicted octanol–water partition coefficient (Wildman–Crippen LogP) is 0.409. The summed E-state index contributed by atoms with van der Waals surface area (Å²) in [6.07, 6.45) is 1.39. The number of likely N-dealkylation sites (tertiary alicyclic amines) is 1. The van der Waals surface area contributed by atoms with Gasteiger partial charge in [-0.05, 0) is 25.8 Å². The molecule has 10 heteroatoms. The fourth-order valence-electron chi connectivity index (χ4n) is 4.54. The molecular formula is C21H26N8O2. The maximum atomic E-state index is 13.3. The third kappa shape index (κ3) is 3.36. The van der Waals surface area contributed by atoms with Crippen molar-refractivity contribution in [3.63, 3.8) is 0 Å². The largest absolute Gasteiger partial charge is 0.341 e. The number of nitrogens with two attached hydrogens (primary N) is 1. The van der Waals surface area contributed by atoms with Crippen LogP contribution >= 0.6 is 0 Å². The number of amides is 3. The lowest BCUT2D eigenvalue weighted by atomic mass is 10.1. The van der Waals surface area contributed by atoms with Gasteiger partial charge in [-0.3, -0.25) is 9.69 Å². The van der Waals surface area contributed by atoms with E-state index in [1.54, 1.807) is 7.05 Å². The van der Waals surface area contributed by atoms with Crippen molar-refractivity contribution in [3.8, 4) is 0 Å². The van der Waals surface area contributed by atoms with Gasteiger partial charge < -0.3 is 20.9 Å². The molecule has 3 N–H and O–H groups in total. The number of aliphatic imine (C=N–C) groups is 1. The molecule has 162 valence electrons. The van der Waals surface area contributed by atoms with Crippen LogP contribution in [0.4, 0.5) is 4.79 Å². The first-order valence-corrected chi connectivity index (χ1v) is 10.6. The van der Waals surface area contributed by atoms with Crippen molar-refractivity contribution >= 4 is 28.8 Å². The smallest absolute Gasteiger partial charge is 0.328 e. The second-order valence-corrected chi connectivity index (χ2v) is 8.40. The van der Waals surface area contributed by atoms with Crippen LogP contribution < -0.4 is 11.1 Å². The molecule has 3 amide bonds. The molecule has 3 aliphatic heterocycles. The van der Waals surface area contributed by atoms with Crippen molar-refractivity contribution in [2.75, 3.05) is 20.1 Å². The molecule has 0 aliphatic carbocycles. The number of guanidine groups is 1. The molecule has 5 rings (SSSR count). The molecule has 4 heterocycles. The lowest BCUT2D eigenvalue weighted by molar-refractivity contribution is -0.135. The average Bonchev–Trinajstić information content (AvgIpc) is 3.21. The van der Waals surface area contributed by atoms with E-state index in [1.165, 1.54) is 9.80 Å². The van der Waals surface area contributed by atoms with Gasteiger partial charge in [0.05, 0.1) is 12.1 Å². The fourth-order valence-corrected chi connectivity index (χ4v) is 4.54. The van der Waals surface area contributed by atoms with Gasteiger partial charge >= 0.3 is 6.03 Å². The maximum Gasteiger partial charge on any atom is 0.328 e. The van der Waals surface area contributed by atoms with Gasteiger partial charge in [-0.2, -0.15) is 0 Å². The number of imide groups is 1. The summed E-state index contributed by atoms with van der Waals surface area (Å²) in [7, 11) is 1.67. The number of carbonyl (C=O) groups excluding carboxylic acids is 2. The highest BCUT2D eigenvalue weighted by Gasteiger charge is 2.49. The molecule has 3 unspecified atom stereocenters. The van der Waals surface area contributed by atoms with E-state index in [1.807, 2.05) is 31.2 Å². The molecule has 2 saturated heterocycles. The Kier molecular flexibility index (Phi) is 4.73. The minimum Gasteiger partial charge on any atom is -0.341 e. The lowest BCUT2D eigenvalue weighted by Crippen LogP contribution is -2.64. The molecule has 31 heavy (non-hydrogen) atoms. The van der Waals surface area contributed by atoms with Gasteiger partial charge in [0, 0.05) is 37.3 Å². The molecule has 1 aromatic heterocycles. The number of hydrogen-bond donors (Lipinski definition) is 2. The van der Waals surface area contributed by atoms with Gasteiger partial charge in [-0.25, -0.2) is 19.8 Å². The first kappa shape index (κ1) is 19.7. The summed E-state index contributed by atoms with van der Waals surface area (Å²) in [5, 5.41) is 4.19. The lowest BCUT2D eigenvalue weighted by Gasteiger charge is -2.38. The number of benzene rings is 1.